The Bertz CT molecular complexity index is 457. The summed E-state index contributed by atoms with van der Waals surface area (Å²) >= 11 is 6.05. The molecule has 2 fully saturated rings. The van der Waals surface area contributed by atoms with Crippen LogP contribution >= 0.6 is 11.6 Å². The summed E-state index contributed by atoms with van der Waals surface area (Å²) in [4.78, 5) is 15.1. The number of hydrogen-bond acceptors (Lipinski definition) is 5. The van der Waals surface area contributed by atoms with Crippen molar-refractivity contribution in [1.29, 1.82) is 0 Å². The predicted molar refractivity (Wildman–Crippen MR) is 81.3 cm³/mol. The molecule has 0 spiro atoms. The van der Waals surface area contributed by atoms with Crippen LogP contribution in [0, 0.1) is 11.8 Å². The maximum absolute atomic E-state index is 6.05. The number of aromatic nitrogens is 3. The third-order valence-corrected chi connectivity index (χ3v) is 4.37. The van der Waals surface area contributed by atoms with Gasteiger partial charge in [0.2, 0.25) is 17.2 Å². The molecule has 2 saturated carbocycles. The van der Waals surface area contributed by atoms with Gasteiger partial charge in [0.1, 0.15) is 0 Å². The van der Waals surface area contributed by atoms with Crippen molar-refractivity contribution < 1.29 is 0 Å². The second-order valence-corrected chi connectivity index (χ2v) is 6.08. The Hall–Kier alpha value is -1.10. The summed E-state index contributed by atoms with van der Waals surface area (Å²) in [6.07, 6.45) is 5.32. The molecule has 0 bridgehead atoms. The third kappa shape index (κ3) is 3.14. The topological polar surface area (TPSA) is 53.9 Å². The van der Waals surface area contributed by atoms with Crippen molar-refractivity contribution in [2.24, 2.45) is 11.8 Å². The quantitative estimate of drug-likeness (QED) is 0.838. The number of hydrogen-bond donors (Lipinski definition) is 1. The summed E-state index contributed by atoms with van der Waals surface area (Å²) in [6.45, 7) is 5.91. The molecule has 2 aliphatic carbocycles. The first-order valence-electron chi connectivity index (χ1n) is 7.64. The second-order valence-electron chi connectivity index (χ2n) is 5.75. The summed E-state index contributed by atoms with van der Waals surface area (Å²) in [5.74, 6) is 2.91. The van der Waals surface area contributed by atoms with E-state index in [0.717, 1.165) is 24.9 Å². The predicted octanol–water partition coefficient (Wildman–Crippen LogP) is 2.97. The molecular weight excluding hydrogens is 274 g/mol. The van der Waals surface area contributed by atoms with Gasteiger partial charge in [0.25, 0.3) is 0 Å². The maximum Gasteiger partial charge on any atom is 0.231 e. The van der Waals surface area contributed by atoms with E-state index in [0.29, 0.717) is 17.9 Å². The highest BCUT2D eigenvalue weighted by Crippen LogP contribution is 2.45. The molecule has 0 atom stereocenters. The first-order chi connectivity index (χ1) is 9.71. The fraction of sp³-hybridized carbons (Fsp3) is 0.786. The van der Waals surface area contributed by atoms with Crippen LogP contribution in [0.5, 0.6) is 0 Å². The number of anilines is 2. The van der Waals surface area contributed by atoms with E-state index >= 15 is 0 Å². The van der Waals surface area contributed by atoms with Crippen LogP contribution in [0.4, 0.5) is 11.9 Å². The van der Waals surface area contributed by atoms with Gasteiger partial charge in [-0.2, -0.15) is 15.0 Å². The average Bonchev–Trinajstić information content (AvgIpc) is 3.28. The Morgan fingerprint density at radius 3 is 2.20 bits per heavy atom. The molecule has 0 saturated heterocycles. The first-order valence-corrected chi connectivity index (χ1v) is 8.02. The van der Waals surface area contributed by atoms with Crippen molar-refractivity contribution in [3.8, 4) is 0 Å². The van der Waals surface area contributed by atoms with Crippen LogP contribution < -0.4 is 10.2 Å². The second kappa shape index (κ2) is 5.72. The van der Waals surface area contributed by atoms with Crippen LogP contribution in [-0.4, -0.2) is 34.1 Å². The van der Waals surface area contributed by atoms with Crippen molar-refractivity contribution in [3.05, 3.63) is 5.28 Å². The lowest BCUT2D eigenvalue weighted by molar-refractivity contribution is 0.562. The maximum atomic E-state index is 6.05. The van der Waals surface area contributed by atoms with Crippen LogP contribution in [0.25, 0.3) is 0 Å². The van der Waals surface area contributed by atoms with E-state index in [2.05, 4.69) is 39.0 Å². The third-order valence-electron chi connectivity index (χ3n) is 4.20. The molecule has 1 aromatic rings. The number of halogens is 1. The van der Waals surface area contributed by atoms with Gasteiger partial charge < -0.3 is 10.2 Å². The summed E-state index contributed by atoms with van der Waals surface area (Å²) in [7, 11) is 0. The number of rotatable bonds is 7. The molecule has 1 heterocycles. The molecule has 5 nitrogen and oxygen atoms in total. The molecular formula is C14H22ClN5. The van der Waals surface area contributed by atoms with Crippen molar-refractivity contribution in [2.75, 3.05) is 23.3 Å². The number of nitrogens with one attached hydrogen (secondary N) is 1. The molecule has 3 rings (SSSR count). The van der Waals surface area contributed by atoms with Gasteiger partial charge in [0.15, 0.2) is 0 Å². The summed E-state index contributed by atoms with van der Waals surface area (Å²) in [5.41, 5.74) is 0. The minimum Gasteiger partial charge on any atom is -0.351 e. The monoisotopic (exact) mass is 295 g/mol. The zero-order chi connectivity index (χ0) is 14.1. The van der Waals surface area contributed by atoms with Crippen molar-refractivity contribution in [1.82, 2.24) is 15.0 Å². The van der Waals surface area contributed by atoms with Crippen LogP contribution in [-0.2, 0) is 0 Å². The molecule has 0 aliphatic heterocycles. The van der Waals surface area contributed by atoms with Crippen LogP contribution in [0.3, 0.4) is 0 Å². The summed E-state index contributed by atoms with van der Waals surface area (Å²) < 4.78 is 0. The van der Waals surface area contributed by atoms with Gasteiger partial charge in [-0.15, -0.1) is 0 Å². The van der Waals surface area contributed by atoms with E-state index in [1.54, 1.807) is 0 Å². The van der Waals surface area contributed by atoms with Crippen molar-refractivity contribution in [2.45, 2.75) is 45.6 Å². The fourth-order valence-electron chi connectivity index (χ4n) is 2.73. The molecule has 20 heavy (non-hydrogen) atoms. The molecule has 6 heteroatoms. The summed E-state index contributed by atoms with van der Waals surface area (Å²) in [6, 6.07) is 0.526. The fourth-order valence-corrected chi connectivity index (χ4v) is 2.89. The van der Waals surface area contributed by atoms with E-state index in [1.807, 2.05) is 0 Å². The molecule has 1 aromatic heterocycles. The summed E-state index contributed by atoms with van der Waals surface area (Å²) in [5, 5.41) is 3.79. The molecule has 0 unspecified atom stereocenters. The molecule has 0 aromatic carbocycles. The van der Waals surface area contributed by atoms with Gasteiger partial charge >= 0.3 is 0 Å². The molecule has 110 valence electrons. The molecule has 0 radical (unpaired) electrons. The Kier molecular flexibility index (Phi) is 3.96. The van der Waals surface area contributed by atoms with Crippen LogP contribution in [0.2, 0.25) is 5.28 Å². The van der Waals surface area contributed by atoms with E-state index < -0.39 is 0 Å². The van der Waals surface area contributed by atoms with Gasteiger partial charge in [-0.3, -0.25) is 0 Å². The largest absolute Gasteiger partial charge is 0.351 e. The van der Waals surface area contributed by atoms with Crippen molar-refractivity contribution >= 4 is 23.5 Å². The van der Waals surface area contributed by atoms with Gasteiger partial charge in [0.05, 0.1) is 0 Å². The normalized spacial score (nSPS) is 18.4. The van der Waals surface area contributed by atoms with Crippen LogP contribution in [0.1, 0.15) is 39.5 Å². The van der Waals surface area contributed by atoms with Crippen LogP contribution in [0.15, 0.2) is 0 Å². The smallest absolute Gasteiger partial charge is 0.231 e. The van der Waals surface area contributed by atoms with E-state index in [1.165, 1.54) is 25.7 Å². The molecule has 0 amide bonds. The van der Waals surface area contributed by atoms with Crippen molar-refractivity contribution in [3.63, 3.8) is 0 Å². The van der Waals surface area contributed by atoms with E-state index in [-0.39, 0.29) is 5.28 Å². The Morgan fingerprint density at radius 2 is 1.70 bits per heavy atom. The standard InChI is InChI=1S/C14H22ClN5/c1-3-20(4-2)14-18-12(15)17-13(19-14)16-11(9-5-6-9)10-7-8-10/h9-11H,3-8H2,1-2H3,(H,16,17,18,19). The average molecular weight is 296 g/mol. The number of nitrogens with zero attached hydrogens (tertiary/aromatic N) is 4. The zero-order valence-electron chi connectivity index (χ0n) is 12.1. The lowest BCUT2D eigenvalue weighted by atomic mass is 10.1. The van der Waals surface area contributed by atoms with Gasteiger partial charge in [-0.1, -0.05) is 0 Å². The van der Waals surface area contributed by atoms with E-state index in [9.17, 15) is 0 Å². The Labute approximate surface area is 125 Å². The Balaban J connectivity index is 1.77. The molecule has 2 aliphatic rings. The van der Waals surface area contributed by atoms with Gasteiger partial charge in [0, 0.05) is 19.1 Å². The highest BCUT2D eigenvalue weighted by Gasteiger charge is 2.41. The zero-order valence-corrected chi connectivity index (χ0v) is 12.9. The Morgan fingerprint density at radius 1 is 1.10 bits per heavy atom. The van der Waals surface area contributed by atoms with Gasteiger partial charge in [-0.25, -0.2) is 0 Å². The SMILES string of the molecule is CCN(CC)c1nc(Cl)nc(NC(C2CC2)C2CC2)n1. The highest BCUT2D eigenvalue weighted by molar-refractivity contribution is 6.28. The highest BCUT2D eigenvalue weighted by atomic mass is 35.5. The lowest BCUT2D eigenvalue weighted by Crippen LogP contribution is -2.28. The minimum absolute atomic E-state index is 0.273. The van der Waals surface area contributed by atoms with E-state index in [4.69, 9.17) is 11.6 Å². The van der Waals surface area contributed by atoms with Gasteiger partial charge in [-0.05, 0) is 63.0 Å². The molecule has 1 N–H and O–H groups in total. The first kappa shape index (κ1) is 13.9. The minimum atomic E-state index is 0.273. The lowest BCUT2D eigenvalue weighted by Gasteiger charge is -2.21.